The van der Waals surface area contributed by atoms with Crippen LogP contribution in [-0.2, 0) is 6.42 Å². The van der Waals surface area contributed by atoms with Crippen molar-refractivity contribution in [3.63, 3.8) is 0 Å². The summed E-state index contributed by atoms with van der Waals surface area (Å²) in [7, 11) is 0. The lowest BCUT2D eigenvalue weighted by Gasteiger charge is -2.12. The predicted octanol–water partition coefficient (Wildman–Crippen LogP) is 5.44. The quantitative estimate of drug-likeness (QED) is 0.370. The molecule has 6 heteroatoms. The van der Waals surface area contributed by atoms with E-state index in [0.29, 0.717) is 17.5 Å². The first-order valence-corrected chi connectivity index (χ1v) is 10.9. The Kier molecular flexibility index (Phi) is 6.45. The molecule has 1 aromatic heterocycles. The van der Waals surface area contributed by atoms with Gasteiger partial charge in [0.25, 0.3) is 0 Å². The van der Waals surface area contributed by atoms with Crippen molar-refractivity contribution in [1.29, 1.82) is 0 Å². The second-order valence-electron chi connectivity index (χ2n) is 7.97. The summed E-state index contributed by atoms with van der Waals surface area (Å²) in [4.78, 5) is 29.0. The van der Waals surface area contributed by atoms with Crippen LogP contribution >= 0.6 is 0 Å². The van der Waals surface area contributed by atoms with Crippen LogP contribution in [0.4, 0.5) is 0 Å². The third kappa shape index (κ3) is 4.75. The van der Waals surface area contributed by atoms with E-state index in [1.807, 2.05) is 53.2 Å². The summed E-state index contributed by atoms with van der Waals surface area (Å²) >= 11 is 0. The maximum atomic E-state index is 12.9. The molecule has 0 radical (unpaired) electrons. The van der Waals surface area contributed by atoms with Gasteiger partial charge < -0.3 is 5.11 Å². The summed E-state index contributed by atoms with van der Waals surface area (Å²) in [5.41, 5.74) is 3.34. The summed E-state index contributed by atoms with van der Waals surface area (Å²) in [6, 6.07) is 23.8. The van der Waals surface area contributed by atoms with Crippen molar-refractivity contribution in [2.45, 2.75) is 32.7 Å². The summed E-state index contributed by atoms with van der Waals surface area (Å²) in [5.74, 6) is -0.225. The van der Waals surface area contributed by atoms with Gasteiger partial charge in [-0.25, -0.2) is 14.5 Å². The van der Waals surface area contributed by atoms with E-state index < -0.39 is 5.97 Å². The highest BCUT2D eigenvalue weighted by atomic mass is 16.4. The van der Waals surface area contributed by atoms with Crippen LogP contribution in [0.15, 0.2) is 78.9 Å². The molecule has 0 spiro atoms. The average molecular weight is 440 g/mol. The van der Waals surface area contributed by atoms with E-state index in [1.165, 1.54) is 0 Å². The monoisotopic (exact) mass is 439 g/mol. The van der Waals surface area contributed by atoms with E-state index in [0.717, 1.165) is 23.4 Å². The van der Waals surface area contributed by atoms with Crippen molar-refractivity contribution < 1.29 is 14.7 Å². The molecular weight excluding hydrogens is 414 g/mol. The van der Waals surface area contributed by atoms with Gasteiger partial charge in [-0.05, 0) is 36.1 Å². The minimum absolute atomic E-state index is 0.103. The fourth-order valence-corrected chi connectivity index (χ4v) is 3.72. The SMILES string of the molecule is CCC(C)n1nc(C(=O)c2ccccc2)nc1Cc1ccc(-c2ccccc2C(=O)O)cc1. The third-order valence-electron chi connectivity index (χ3n) is 5.73. The highest BCUT2D eigenvalue weighted by Crippen LogP contribution is 2.25. The van der Waals surface area contributed by atoms with Crippen molar-refractivity contribution in [1.82, 2.24) is 14.8 Å². The van der Waals surface area contributed by atoms with E-state index in [1.54, 1.807) is 30.3 Å². The van der Waals surface area contributed by atoms with Crippen molar-refractivity contribution >= 4 is 11.8 Å². The maximum Gasteiger partial charge on any atom is 0.336 e. The highest BCUT2D eigenvalue weighted by Gasteiger charge is 2.20. The molecule has 4 aromatic rings. The number of rotatable bonds is 8. The lowest BCUT2D eigenvalue weighted by Crippen LogP contribution is -2.11. The Bertz CT molecular complexity index is 1280. The number of aromatic nitrogens is 3. The third-order valence-corrected chi connectivity index (χ3v) is 5.73. The predicted molar refractivity (Wildman–Crippen MR) is 127 cm³/mol. The van der Waals surface area contributed by atoms with Gasteiger partial charge in [0.15, 0.2) is 0 Å². The van der Waals surface area contributed by atoms with Crippen LogP contribution in [0.5, 0.6) is 0 Å². The van der Waals surface area contributed by atoms with Crippen molar-refractivity contribution in [2.24, 2.45) is 0 Å². The van der Waals surface area contributed by atoms with Gasteiger partial charge in [-0.3, -0.25) is 4.79 Å². The molecule has 1 atom stereocenters. The Balaban J connectivity index is 1.63. The second kappa shape index (κ2) is 9.61. The van der Waals surface area contributed by atoms with Gasteiger partial charge in [0.1, 0.15) is 5.82 Å². The first-order valence-electron chi connectivity index (χ1n) is 10.9. The zero-order valence-corrected chi connectivity index (χ0v) is 18.6. The lowest BCUT2D eigenvalue weighted by atomic mass is 9.98. The summed E-state index contributed by atoms with van der Waals surface area (Å²) in [6.07, 6.45) is 1.38. The van der Waals surface area contributed by atoms with Gasteiger partial charge in [0.2, 0.25) is 11.6 Å². The number of aromatic carboxylic acids is 1. The number of nitrogens with zero attached hydrogens (tertiary/aromatic N) is 3. The number of carboxylic acid groups (broad SMARTS) is 1. The molecule has 3 aromatic carbocycles. The average Bonchev–Trinajstić information content (AvgIpc) is 3.27. The van der Waals surface area contributed by atoms with Crippen molar-refractivity contribution in [2.75, 3.05) is 0 Å². The molecule has 1 unspecified atom stereocenters. The molecule has 0 aliphatic heterocycles. The molecule has 6 nitrogen and oxygen atoms in total. The first kappa shape index (κ1) is 22.1. The Morgan fingerprint density at radius 3 is 2.27 bits per heavy atom. The Labute approximate surface area is 192 Å². The fraction of sp³-hybridized carbons (Fsp3) is 0.185. The largest absolute Gasteiger partial charge is 0.478 e. The van der Waals surface area contributed by atoms with Crippen LogP contribution in [0.1, 0.15) is 64.2 Å². The van der Waals surface area contributed by atoms with Crippen molar-refractivity contribution in [3.8, 4) is 11.1 Å². The number of carbonyl (C=O) groups excluding carboxylic acids is 1. The molecular formula is C27H25N3O3. The van der Waals surface area contributed by atoms with E-state index in [9.17, 15) is 14.7 Å². The topological polar surface area (TPSA) is 85.1 Å². The zero-order chi connectivity index (χ0) is 23.4. The van der Waals surface area contributed by atoms with Gasteiger partial charge in [-0.1, -0.05) is 79.7 Å². The first-order chi connectivity index (χ1) is 16.0. The molecule has 0 fully saturated rings. The number of benzene rings is 3. The van der Waals surface area contributed by atoms with Crippen molar-refractivity contribution in [3.05, 3.63) is 107 Å². The van der Waals surface area contributed by atoms with Gasteiger partial charge in [-0.15, -0.1) is 5.10 Å². The highest BCUT2D eigenvalue weighted by molar-refractivity contribution is 6.06. The van der Waals surface area contributed by atoms with Crippen LogP contribution in [0.2, 0.25) is 0 Å². The van der Waals surface area contributed by atoms with Crippen LogP contribution in [0.25, 0.3) is 11.1 Å². The number of carboxylic acids is 1. The summed E-state index contributed by atoms with van der Waals surface area (Å²) in [6.45, 7) is 4.13. The fourth-order valence-electron chi connectivity index (χ4n) is 3.72. The number of hydrogen-bond acceptors (Lipinski definition) is 4. The molecule has 0 bridgehead atoms. The lowest BCUT2D eigenvalue weighted by molar-refractivity contribution is 0.0697. The minimum Gasteiger partial charge on any atom is -0.478 e. The van der Waals surface area contributed by atoms with E-state index >= 15 is 0 Å². The maximum absolute atomic E-state index is 12.9. The molecule has 0 amide bonds. The van der Waals surface area contributed by atoms with Gasteiger partial charge >= 0.3 is 5.97 Å². The van der Waals surface area contributed by atoms with Crippen LogP contribution in [0.3, 0.4) is 0 Å². The minimum atomic E-state index is -0.952. The molecule has 4 rings (SSSR count). The standard InChI is InChI=1S/C27H25N3O3/c1-3-18(2)30-24(28-26(29-30)25(31)21-9-5-4-6-10-21)17-19-13-15-20(16-14-19)22-11-7-8-12-23(22)27(32)33/h4-16,18H,3,17H2,1-2H3,(H,32,33). The molecule has 33 heavy (non-hydrogen) atoms. The Morgan fingerprint density at radius 1 is 0.939 bits per heavy atom. The molecule has 0 saturated carbocycles. The molecule has 0 saturated heterocycles. The van der Waals surface area contributed by atoms with E-state index in [2.05, 4.69) is 23.9 Å². The van der Waals surface area contributed by atoms with Gasteiger partial charge in [-0.2, -0.15) is 0 Å². The summed E-state index contributed by atoms with van der Waals surface area (Å²) in [5, 5.41) is 14.0. The molecule has 166 valence electrons. The molecule has 1 N–H and O–H groups in total. The zero-order valence-electron chi connectivity index (χ0n) is 18.6. The van der Waals surface area contributed by atoms with E-state index in [-0.39, 0.29) is 23.2 Å². The number of ketones is 1. The van der Waals surface area contributed by atoms with E-state index in [4.69, 9.17) is 0 Å². The number of hydrogen-bond donors (Lipinski definition) is 1. The van der Waals surface area contributed by atoms with Gasteiger partial charge in [0, 0.05) is 12.0 Å². The number of carbonyl (C=O) groups is 2. The Hall–Kier alpha value is -4.06. The smallest absolute Gasteiger partial charge is 0.336 e. The normalized spacial score (nSPS) is 11.8. The molecule has 0 aliphatic carbocycles. The molecule has 1 heterocycles. The van der Waals surface area contributed by atoms with Crippen LogP contribution in [0, 0.1) is 0 Å². The van der Waals surface area contributed by atoms with Crippen LogP contribution < -0.4 is 0 Å². The second-order valence-corrected chi connectivity index (χ2v) is 7.97. The Morgan fingerprint density at radius 2 is 1.61 bits per heavy atom. The summed E-state index contributed by atoms with van der Waals surface area (Å²) < 4.78 is 1.84. The molecule has 0 aliphatic rings. The van der Waals surface area contributed by atoms with Gasteiger partial charge in [0.05, 0.1) is 11.6 Å². The van der Waals surface area contributed by atoms with Crippen LogP contribution in [-0.4, -0.2) is 31.6 Å².